The molecule has 0 spiro atoms. The van der Waals surface area contributed by atoms with Crippen LogP contribution in [0.4, 0.5) is 0 Å². The van der Waals surface area contributed by atoms with E-state index in [0.717, 1.165) is 19.3 Å². The summed E-state index contributed by atoms with van der Waals surface area (Å²) in [5, 5.41) is 20.5. The number of aliphatic hydroxyl groups is 1. The third kappa shape index (κ3) is 6.62. The Morgan fingerprint density at radius 2 is 1.93 bits per heavy atom. The molecular weight excluding hydrogens is 370 g/mol. The van der Waals surface area contributed by atoms with E-state index in [1.807, 2.05) is 0 Å². The molecule has 0 radical (unpaired) electrons. The van der Waals surface area contributed by atoms with Gasteiger partial charge in [0.05, 0.1) is 0 Å². The number of hydrogen-bond donors (Lipinski definition) is 5. The average Bonchev–Trinajstić information content (AvgIpc) is 3.16. The molecule has 1 saturated carbocycles. The fraction of sp³-hybridized carbons (Fsp3) is 0.455. The van der Waals surface area contributed by atoms with E-state index in [-0.39, 0.29) is 6.61 Å². The number of nitrogens with two attached hydrogens (primary N) is 1. The lowest BCUT2D eigenvalue weighted by Crippen LogP contribution is -2.61. The summed E-state index contributed by atoms with van der Waals surface area (Å²) in [6.45, 7) is 3.36. The molecule has 1 aliphatic carbocycles. The molecule has 1 aromatic carbocycles. The highest BCUT2D eigenvalue weighted by Crippen LogP contribution is 2.29. The van der Waals surface area contributed by atoms with Gasteiger partial charge in [-0.3, -0.25) is 14.8 Å². The van der Waals surface area contributed by atoms with E-state index in [0.29, 0.717) is 23.0 Å². The summed E-state index contributed by atoms with van der Waals surface area (Å²) in [7, 11) is 0. The maximum absolute atomic E-state index is 12.4. The maximum atomic E-state index is 12.4. The highest BCUT2D eigenvalue weighted by Gasteiger charge is 2.33. The third-order valence-electron chi connectivity index (χ3n) is 4.88. The Balaban J connectivity index is 1.98. The first-order chi connectivity index (χ1) is 13.7. The van der Waals surface area contributed by atoms with Crippen LogP contribution in [0.5, 0.6) is 0 Å². The summed E-state index contributed by atoms with van der Waals surface area (Å²) in [5.41, 5.74) is 7.40. The van der Waals surface area contributed by atoms with Crippen molar-refractivity contribution in [1.29, 1.82) is 0 Å². The molecule has 1 aliphatic rings. The first-order valence-electron chi connectivity index (χ1n) is 9.50. The van der Waals surface area contributed by atoms with Gasteiger partial charge in [-0.25, -0.2) is 5.48 Å². The molecule has 3 atom stereocenters. The molecule has 2 unspecified atom stereocenters. The predicted molar refractivity (Wildman–Crippen MR) is 108 cm³/mol. The van der Waals surface area contributed by atoms with Crippen LogP contribution in [0.2, 0.25) is 0 Å². The molecule has 154 valence electrons. The summed E-state index contributed by atoms with van der Waals surface area (Å²) < 4.78 is 0. The minimum Gasteiger partial charge on any atom is -0.396 e. The maximum Gasteiger partial charge on any atom is 0.267 e. The van der Waals surface area contributed by atoms with Crippen LogP contribution in [0.3, 0.4) is 0 Å². The zero-order valence-corrected chi connectivity index (χ0v) is 16.7. The fourth-order valence-corrected chi connectivity index (χ4v) is 3.19. The van der Waals surface area contributed by atoms with Crippen molar-refractivity contribution in [2.45, 2.75) is 44.7 Å². The fourth-order valence-electron chi connectivity index (χ4n) is 3.19. The van der Waals surface area contributed by atoms with Gasteiger partial charge in [0.15, 0.2) is 0 Å². The Bertz CT molecular complexity index is 851. The van der Waals surface area contributed by atoms with Crippen LogP contribution >= 0.6 is 0 Å². The first-order valence-corrected chi connectivity index (χ1v) is 9.50. The Labute approximate surface area is 171 Å². The molecule has 1 fully saturated rings. The number of hydroxylamine groups is 1. The van der Waals surface area contributed by atoms with Crippen LogP contribution in [-0.4, -0.2) is 40.3 Å². The van der Waals surface area contributed by atoms with Crippen LogP contribution in [-0.2, 0) is 4.79 Å². The molecule has 0 aliphatic heterocycles. The standard InChI is InChI=1S/C22H27N3O4/c1-22(2,23)19(21(28)25-29)24-20(27)18-11-9-15(10-12-18)5-3-4-6-16-7-8-17(13-16)14-26/h9-12,16-17,19,26,29H,7-8,13-14,23H2,1-2H3,(H,24,27)(H,25,28)/t16?,17?,19-/m1/s1. The van der Waals surface area contributed by atoms with E-state index in [1.54, 1.807) is 38.1 Å². The molecule has 0 saturated heterocycles. The second-order valence-corrected chi connectivity index (χ2v) is 7.86. The Hall–Kier alpha value is -2.84. The number of benzene rings is 1. The normalized spacial score (nSPS) is 19.2. The van der Waals surface area contributed by atoms with E-state index < -0.39 is 23.4 Å². The van der Waals surface area contributed by atoms with Gasteiger partial charge in [-0.1, -0.05) is 11.8 Å². The summed E-state index contributed by atoms with van der Waals surface area (Å²) in [4.78, 5) is 24.1. The Morgan fingerprint density at radius 3 is 2.48 bits per heavy atom. The van der Waals surface area contributed by atoms with Gasteiger partial charge >= 0.3 is 0 Å². The SMILES string of the molecule is CC(C)(N)[C@H](NC(=O)c1ccc(C#CC#CC2CCC(CO)C2)cc1)C(=O)NO. The quantitative estimate of drug-likeness (QED) is 0.285. The summed E-state index contributed by atoms with van der Waals surface area (Å²) in [6, 6.07) is 5.46. The second-order valence-electron chi connectivity index (χ2n) is 7.86. The number of rotatable bonds is 5. The summed E-state index contributed by atoms with van der Waals surface area (Å²) in [5.74, 6) is 11.1. The van der Waals surface area contributed by atoms with E-state index in [4.69, 9.17) is 16.0 Å². The summed E-state index contributed by atoms with van der Waals surface area (Å²) in [6.07, 6.45) is 2.93. The van der Waals surface area contributed by atoms with Gasteiger partial charge < -0.3 is 16.2 Å². The van der Waals surface area contributed by atoms with E-state index in [9.17, 15) is 9.59 Å². The van der Waals surface area contributed by atoms with Crippen molar-refractivity contribution in [2.75, 3.05) is 6.61 Å². The topological polar surface area (TPSA) is 125 Å². The van der Waals surface area contributed by atoms with Crippen LogP contribution in [0.1, 0.15) is 49.0 Å². The van der Waals surface area contributed by atoms with Crippen LogP contribution in [0.15, 0.2) is 24.3 Å². The van der Waals surface area contributed by atoms with Crippen LogP contribution < -0.4 is 16.5 Å². The van der Waals surface area contributed by atoms with Crippen molar-refractivity contribution < 1.29 is 19.9 Å². The van der Waals surface area contributed by atoms with Gasteiger partial charge in [-0.05, 0) is 75.1 Å². The second kappa shape index (κ2) is 10.1. The molecule has 2 amide bonds. The van der Waals surface area contributed by atoms with Crippen molar-refractivity contribution in [1.82, 2.24) is 10.8 Å². The zero-order chi connectivity index (χ0) is 21.4. The van der Waals surface area contributed by atoms with Crippen molar-refractivity contribution in [3.05, 3.63) is 35.4 Å². The monoisotopic (exact) mass is 397 g/mol. The smallest absolute Gasteiger partial charge is 0.267 e. The summed E-state index contributed by atoms with van der Waals surface area (Å²) >= 11 is 0. The molecule has 29 heavy (non-hydrogen) atoms. The molecule has 7 nitrogen and oxygen atoms in total. The highest BCUT2D eigenvalue weighted by atomic mass is 16.5. The van der Waals surface area contributed by atoms with E-state index in [2.05, 4.69) is 29.0 Å². The lowest BCUT2D eigenvalue weighted by Gasteiger charge is -2.29. The Morgan fingerprint density at radius 1 is 1.24 bits per heavy atom. The zero-order valence-electron chi connectivity index (χ0n) is 16.7. The van der Waals surface area contributed by atoms with Crippen molar-refractivity contribution in [2.24, 2.45) is 17.6 Å². The molecule has 0 bridgehead atoms. The van der Waals surface area contributed by atoms with Crippen molar-refractivity contribution in [3.8, 4) is 23.7 Å². The number of amides is 2. The first kappa shape index (κ1) is 22.4. The van der Waals surface area contributed by atoms with Crippen LogP contribution in [0.25, 0.3) is 0 Å². The average molecular weight is 397 g/mol. The lowest BCUT2D eigenvalue weighted by atomic mass is 9.95. The molecule has 6 N–H and O–H groups in total. The minimum absolute atomic E-state index is 0.220. The van der Waals surface area contributed by atoms with Gasteiger partial charge in [0.1, 0.15) is 6.04 Å². The predicted octanol–water partition coefficient (Wildman–Crippen LogP) is 0.791. The van der Waals surface area contributed by atoms with E-state index in [1.165, 1.54) is 5.48 Å². The number of carbonyl (C=O) groups is 2. The van der Waals surface area contributed by atoms with Crippen molar-refractivity contribution >= 4 is 11.8 Å². The van der Waals surface area contributed by atoms with Gasteiger partial charge in [0, 0.05) is 29.2 Å². The van der Waals surface area contributed by atoms with Gasteiger partial charge in [-0.15, -0.1) is 0 Å². The van der Waals surface area contributed by atoms with Gasteiger partial charge in [0.2, 0.25) is 0 Å². The molecule has 2 rings (SSSR count). The lowest BCUT2D eigenvalue weighted by molar-refractivity contribution is -0.132. The number of hydrogen-bond acceptors (Lipinski definition) is 5. The molecule has 7 heteroatoms. The molecule has 0 aromatic heterocycles. The van der Waals surface area contributed by atoms with Gasteiger partial charge in [0.25, 0.3) is 11.8 Å². The molecule has 0 heterocycles. The number of carbonyl (C=O) groups excluding carboxylic acids is 2. The largest absolute Gasteiger partial charge is 0.396 e. The third-order valence-corrected chi connectivity index (χ3v) is 4.88. The molecular formula is C22H27N3O4. The van der Waals surface area contributed by atoms with Crippen molar-refractivity contribution in [3.63, 3.8) is 0 Å². The molecule has 1 aromatic rings. The number of aliphatic hydroxyl groups excluding tert-OH is 1. The van der Waals surface area contributed by atoms with E-state index >= 15 is 0 Å². The van der Waals surface area contributed by atoms with Crippen LogP contribution in [0, 0.1) is 35.5 Å². The van der Waals surface area contributed by atoms with Gasteiger partial charge in [-0.2, -0.15) is 0 Å². The highest BCUT2D eigenvalue weighted by molar-refractivity contribution is 5.97. The Kier molecular flexibility index (Phi) is 7.81. The number of nitrogens with one attached hydrogen (secondary N) is 2. The minimum atomic E-state index is -1.10.